The van der Waals surface area contributed by atoms with Crippen LogP contribution >= 0.6 is 11.8 Å². The highest BCUT2D eigenvalue weighted by Gasteiger charge is 2.17. The number of thioether (sulfide) groups is 1. The zero-order valence-electron chi connectivity index (χ0n) is 13.6. The van der Waals surface area contributed by atoms with Crippen molar-refractivity contribution in [2.75, 3.05) is 7.11 Å². The number of ether oxygens (including phenoxy) is 2. The molecule has 2 aromatic rings. The minimum Gasteiger partial charge on any atom is -0.494 e. The number of carbonyl (C=O) groups excluding carboxylic acids is 1. The summed E-state index contributed by atoms with van der Waals surface area (Å²) in [6.45, 7) is 1.62. The molecule has 0 spiro atoms. The maximum atomic E-state index is 13.6. The van der Waals surface area contributed by atoms with Crippen LogP contribution in [0, 0.1) is 15.9 Å². The van der Waals surface area contributed by atoms with Gasteiger partial charge in [0.15, 0.2) is 11.6 Å². The molecule has 8 heteroatoms. The fourth-order valence-corrected chi connectivity index (χ4v) is 2.84. The van der Waals surface area contributed by atoms with Crippen LogP contribution in [0.1, 0.15) is 12.5 Å². The summed E-state index contributed by atoms with van der Waals surface area (Å²) >= 11 is 1.23. The van der Waals surface area contributed by atoms with Crippen LogP contribution in [0.4, 0.5) is 10.1 Å². The van der Waals surface area contributed by atoms with Crippen molar-refractivity contribution in [2.45, 2.75) is 23.7 Å². The molecule has 0 saturated heterocycles. The molecule has 0 heterocycles. The highest BCUT2D eigenvalue weighted by atomic mass is 32.2. The van der Waals surface area contributed by atoms with E-state index >= 15 is 0 Å². The fraction of sp³-hybridized carbons (Fsp3) is 0.235. The van der Waals surface area contributed by atoms with E-state index in [1.807, 2.05) is 0 Å². The molecule has 6 nitrogen and oxygen atoms in total. The van der Waals surface area contributed by atoms with Crippen LogP contribution in [0.3, 0.4) is 0 Å². The smallest absolute Gasteiger partial charge is 0.319 e. The molecule has 2 aromatic carbocycles. The number of nitrogens with zero attached hydrogens (tertiary/aromatic N) is 1. The second-order valence-electron chi connectivity index (χ2n) is 5.09. The molecule has 0 aliphatic rings. The number of rotatable bonds is 7. The highest BCUT2D eigenvalue weighted by molar-refractivity contribution is 8.00. The van der Waals surface area contributed by atoms with Crippen LogP contribution < -0.4 is 4.74 Å². The number of nitro groups is 1. The maximum Gasteiger partial charge on any atom is 0.319 e. The summed E-state index contributed by atoms with van der Waals surface area (Å²) in [6.07, 6.45) is 0. The minimum absolute atomic E-state index is 0.0129. The van der Waals surface area contributed by atoms with E-state index in [0.717, 1.165) is 0 Å². The van der Waals surface area contributed by atoms with Crippen LogP contribution in [-0.2, 0) is 16.1 Å². The molecular formula is C17H16FNO5S. The molecule has 0 aliphatic heterocycles. The van der Waals surface area contributed by atoms with Crippen molar-refractivity contribution in [1.29, 1.82) is 0 Å². The van der Waals surface area contributed by atoms with Crippen LogP contribution in [0.5, 0.6) is 5.75 Å². The van der Waals surface area contributed by atoms with Crippen molar-refractivity contribution in [1.82, 2.24) is 0 Å². The number of hydrogen-bond acceptors (Lipinski definition) is 6. The molecule has 1 atom stereocenters. The second kappa shape index (κ2) is 8.48. The summed E-state index contributed by atoms with van der Waals surface area (Å²) in [7, 11) is 1.37. The summed E-state index contributed by atoms with van der Waals surface area (Å²) in [5, 5.41) is 10.1. The van der Waals surface area contributed by atoms with Gasteiger partial charge in [-0.25, -0.2) is 4.39 Å². The van der Waals surface area contributed by atoms with Gasteiger partial charge >= 0.3 is 5.97 Å². The van der Waals surface area contributed by atoms with Crippen molar-refractivity contribution in [3.8, 4) is 5.75 Å². The second-order valence-corrected chi connectivity index (χ2v) is 6.50. The van der Waals surface area contributed by atoms with E-state index in [2.05, 4.69) is 0 Å². The Morgan fingerprint density at radius 3 is 2.52 bits per heavy atom. The standard InChI is InChI=1S/C17H16FNO5S/c1-11(25-14-6-4-13(5-7-14)19(21)22)17(20)24-10-12-3-8-16(23-2)15(18)9-12/h3-9,11H,10H2,1-2H3/t11-/m1/s1. The molecule has 0 fully saturated rings. The molecule has 0 N–H and O–H groups in total. The third-order valence-corrected chi connectivity index (χ3v) is 4.38. The van der Waals surface area contributed by atoms with Crippen molar-refractivity contribution < 1.29 is 23.6 Å². The van der Waals surface area contributed by atoms with Gasteiger partial charge in [0.2, 0.25) is 0 Å². The van der Waals surface area contributed by atoms with E-state index in [1.54, 1.807) is 25.1 Å². The molecule has 0 unspecified atom stereocenters. The average Bonchev–Trinajstić information content (AvgIpc) is 2.60. The molecule has 0 saturated carbocycles. The van der Waals surface area contributed by atoms with Crippen molar-refractivity contribution in [3.63, 3.8) is 0 Å². The quantitative estimate of drug-likeness (QED) is 0.320. The molecular weight excluding hydrogens is 349 g/mol. The molecule has 0 aliphatic carbocycles. The number of non-ortho nitro benzene ring substituents is 1. The molecule has 25 heavy (non-hydrogen) atoms. The first-order chi connectivity index (χ1) is 11.9. The van der Waals surface area contributed by atoms with E-state index in [1.165, 1.54) is 43.1 Å². The van der Waals surface area contributed by atoms with Crippen LogP contribution in [-0.4, -0.2) is 23.3 Å². The molecule has 2 rings (SSSR count). The van der Waals surface area contributed by atoms with Crippen LogP contribution in [0.25, 0.3) is 0 Å². The zero-order valence-corrected chi connectivity index (χ0v) is 14.4. The molecule has 0 amide bonds. The van der Waals surface area contributed by atoms with Gasteiger partial charge in [-0.1, -0.05) is 6.07 Å². The van der Waals surface area contributed by atoms with Gasteiger partial charge in [0.05, 0.1) is 12.0 Å². The lowest BCUT2D eigenvalue weighted by Gasteiger charge is -2.12. The minimum atomic E-state index is -0.524. The Hall–Kier alpha value is -2.61. The summed E-state index contributed by atoms with van der Waals surface area (Å²) in [6, 6.07) is 10.2. The number of benzene rings is 2. The van der Waals surface area contributed by atoms with Gasteiger partial charge < -0.3 is 9.47 Å². The Morgan fingerprint density at radius 2 is 1.96 bits per heavy atom. The predicted molar refractivity (Wildman–Crippen MR) is 91.2 cm³/mol. The Morgan fingerprint density at radius 1 is 1.28 bits per heavy atom. The Labute approximate surface area is 148 Å². The van der Waals surface area contributed by atoms with E-state index in [0.29, 0.717) is 10.5 Å². The zero-order chi connectivity index (χ0) is 18.4. The van der Waals surface area contributed by atoms with Crippen molar-refractivity contribution in [3.05, 3.63) is 64.0 Å². The number of esters is 1. The average molecular weight is 365 g/mol. The van der Waals surface area contributed by atoms with Crippen molar-refractivity contribution >= 4 is 23.4 Å². The number of carbonyl (C=O) groups is 1. The lowest BCUT2D eigenvalue weighted by Crippen LogP contribution is -2.16. The lowest BCUT2D eigenvalue weighted by molar-refractivity contribution is -0.384. The number of nitro benzene ring substituents is 1. The Bertz CT molecular complexity index is 766. The maximum absolute atomic E-state index is 13.6. The van der Waals surface area contributed by atoms with Gasteiger partial charge in [-0.05, 0) is 36.8 Å². The largest absolute Gasteiger partial charge is 0.494 e. The Kier molecular flexibility index (Phi) is 6.35. The van der Waals surface area contributed by atoms with Crippen LogP contribution in [0.15, 0.2) is 47.4 Å². The number of halogens is 1. The van der Waals surface area contributed by atoms with Crippen LogP contribution in [0.2, 0.25) is 0 Å². The van der Waals surface area contributed by atoms with Crippen molar-refractivity contribution in [2.24, 2.45) is 0 Å². The highest BCUT2D eigenvalue weighted by Crippen LogP contribution is 2.26. The van der Waals surface area contributed by atoms with Gasteiger partial charge in [0, 0.05) is 17.0 Å². The monoisotopic (exact) mass is 365 g/mol. The van der Waals surface area contributed by atoms with E-state index in [4.69, 9.17) is 9.47 Å². The summed E-state index contributed by atoms with van der Waals surface area (Å²) in [4.78, 5) is 22.9. The first-order valence-electron chi connectivity index (χ1n) is 7.31. The third kappa shape index (κ3) is 5.18. The van der Waals surface area contributed by atoms with Gasteiger partial charge in [-0.2, -0.15) is 0 Å². The van der Waals surface area contributed by atoms with Gasteiger partial charge in [-0.3, -0.25) is 14.9 Å². The van der Waals surface area contributed by atoms with Gasteiger partial charge in [0.1, 0.15) is 11.9 Å². The predicted octanol–water partition coefficient (Wildman–Crippen LogP) is 3.97. The Balaban J connectivity index is 1.89. The van der Waals surface area contributed by atoms with Gasteiger partial charge in [0.25, 0.3) is 5.69 Å². The normalized spacial score (nSPS) is 11.6. The molecule has 132 valence electrons. The van der Waals surface area contributed by atoms with E-state index in [9.17, 15) is 19.3 Å². The topological polar surface area (TPSA) is 78.7 Å². The number of methoxy groups -OCH3 is 1. The third-order valence-electron chi connectivity index (χ3n) is 3.29. The summed E-state index contributed by atoms with van der Waals surface area (Å²) in [5.74, 6) is -0.860. The first kappa shape index (κ1) is 18.7. The lowest BCUT2D eigenvalue weighted by atomic mass is 10.2. The number of hydrogen-bond donors (Lipinski definition) is 0. The molecule has 0 aromatic heterocycles. The summed E-state index contributed by atoms with van der Waals surface area (Å²) < 4.78 is 23.6. The molecule has 0 bridgehead atoms. The van der Waals surface area contributed by atoms with Gasteiger partial charge in [-0.15, -0.1) is 11.8 Å². The van der Waals surface area contributed by atoms with E-state index in [-0.39, 0.29) is 18.0 Å². The van der Waals surface area contributed by atoms with E-state index < -0.39 is 22.0 Å². The molecule has 0 radical (unpaired) electrons. The summed E-state index contributed by atoms with van der Waals surface area (Å²) in [5.41, 5.74) is 0.500. The first-order valence-corrected chi connectivity index (χ1v) is 8.19. The SMILES string of the molecule is COc1ccc(COC(=O)[C@@H](C)Sc2ccc([N+](=O)[O-])cc2)cc1F. The fourth-order valence-electron chi connectivity index (χ4n) is 1.97.